The van der Waals surface area contributed by atoms with Gasteiger partial charge in [-0.1, -0.05) is 43.3 Å². The summed E-state index contributed by atoms with van der Waals surface area (Å²) in [5.41, 5.74) is 6.25. The molecule has 1 aliphatic rings. The van der Waals surface area contributed by atoms with Crippen LogP contribution in [0, 0.1) is 23.9 Å². The molecule has 0 spiro atoms. The van der Waals surface area contributed by atoms with Gasteiger partial charge in [0, 0.05) is 30.1 Å². The van der Waals surface area contributed by atoms with Crippen LogP contribution in [0.25, 0.3) is 0 Å². The molecule has 0 bridgehead atoms. The Bertz CT molecular complexity index is 1010. The molecule has 0 atom stereocenters. The average molecular weight is 392 g/mol. The van der Waals surface area contributed by atoms with E-state index in [4.69, 9.17) is 16.6 Å². The van der Waals surface area contributed by atoms with E-state index >= 15 is 0 Å². The van der Waals surface area contributed by atoms with E-state index in [-0.39, 0.29) is 5.41 Å². The zero-order valence-corrected chi connectivity index (χ0v) is 17.8. The molecule has 0 radical (unpaired) electrons. The lowest BCUT2D eigenvalue weighted by Gasteiger charge is -2.14. The van der Waals surface area contributed by atoms with Crippen LogP contribution in [0.15, 0.2) is 17.1 Å². The van der Waals surface area contributed by atoms with Gasteiger partial charge in [0.2, 0.25) is 4.80 Å². The number of rotatable bonds is 1. The summed E-state index contributed by atoms with van der Waals surface area (Å²) in [6.07, 6.45) is 5.13. The molecule has 132 valence electrons. The van der Waals surface area contributed by atoms with Crippen molar-refractivity contribution in [2.24, 2.45) is 10.4 Å². The highest BCUT2D eigenvalue weighted by Crippen LogP contribution is 2.34. The van der Waals surface area contributed by atoms with Crippen LogP contribution in [-0.2, 0) is 13.0 Å². The number of hydrogen-bond donors (Lipinski definition) is 0. The van der Waals surface area contributed by atoms with Gasteiger partial charge in [-0.25, -0.2) is 4.99 Å². The standard InChI is InChI=1S/C19H23ClN3PS/c1-13-9-15(20)14(7-8-24(4,5)6)10-16(13)21-18-23-12-19(2,3)11-17(23)22-25-18/h9-10H,4,11-12H2,1-3,5-6H3. The van der Waals surface area contributed by atoms with E-state index in [1.807, 2.05) is 19.1 Å². The molecule has 0 aliphatic carbocycles. The summed E-state index contributed by atoms with van der Waals surface area (Å²) in [4.78, 5) is 5.81. The number of hydrogen-bond acceptors (Lipinski definition) is 3. The molecule has 6 heteroatoms. The van der Waals surface area contributed by atoms with Crippen molar-refractivity contribution in [1.29, 1.82) is 0 Å². The van der Waals surface area contributed by atoms with Crippen molar-refractivity contribution in [2.45, 2.75) is 33.7 Å². The van der Waals surface area contributed by atoms with Gasteiger partial charge in [-0.2, -0.15) is 4.37 Å². The zero-order valence-electron chi connectivity index (χ0n) is 15.4. The Kier molecular flexibility index (Phi) is 4.79. The molecule has 0 fully saturated rings. The first-order valence-electron chi connectivity index (χ1n) is 8.16. The minimum atomic E-state index is -1.42. The van der Waals surface area contributed by atoms with E-state index in [0.29, 0.717) is 5.02 Å². The SMILES string of the molecule is C=P(C)(C)C#Cc1cc(N=c2snc3n2CC(C)(C)C3)c(C)cc1Cl. The third kappa shape index (κ3) is 4.29. The fourth-order valence-corrected chi connectivity index (χ4v) is 4.22. The van der Waals surface area contributed by atoms with Crippen LogP contribution in [0.5, 0.6) is 0 Å². The Balaban J connectivity index is 2.08. The van der Waals surface area contributed by atoms with Gasteiger partial charge in [0.25, 0.3) is 0 Å². The van der Waals surface area contributed by atoms with E-state index in [1.54, 1.807) is 0 Å². The summed E-state index contributed by atoms with van der Waals surface area (Å²) in [6.45, 7) is 10.3. The van der Waals surface area contributed by atoms with Crippen LogP contribution in [0.2, 0.25) is 5.02 Å². The largest absolute Gasteiger partial charge is 0.303 e. The minimum absolute atomic E-state index is 0.246. The smallest absolute Gasteiger partial charge is 0.209 e. The topological polar surface area (TPSA) is 30.2 Å². The van der Waals surface area contributed by atoms with Crippen LogP contribution in [0.1, 0.15) is 30.8 Å². The number of aryl methyl sites for hydroxylation is 1. The van der Waals surface area contributed by atoms with Crippen LogP contribution in [0.4, 0.5) is 5.69 Å². The highest BCUT2D eigenvalue weighted by Gasteiger charge is 2.30. The Morgan fingerprint density at radius 1 is 1.40 bits per heavy atom. The molecule has 1 aromatic heterocycles. The Hall–Kier alpha value is -1.27. The molecule has 0 saturated carbocycles. The molecule has 0 N–H and O–H groups in total. The van der Waals surface area contributed by atoms with Crippen LogP contribution < -0.4 is 4.80 Å². The Morgan fingerprint density at radius 3 is 2.80 bits per heavy atom. The third-order valence-corrected chi connectivity index (χ3v) is 5.80. The van der Waals surface area contributed by atoms with Crippen molar-refractivity contribution in [3.8, 4) is 11.6 Å². The fraction of sp³-hybridized carbons (Fsp3) is 0.421. The van der Waals surface area contributed by atoms with Crippen molar-refractivity contribution in [3.63, 3.8) is 0 Å². The molecule has 3 nitrogen and oxygen atoms in total. The predicted molar refractivity (Wildman–Crippen MR) is 112 cm³/mol. The molecule has 3 rings (SSSR count). The Morgan fingerprint density at radius 2 is 2.12 bits per heavy atom. The van der Waals surface area contributed by atoms with Gasteiger partial charge >= 0.3 is 0 Å². The lowest BCUT2D eigenvalue weighted by Crippen LogP contribution is -2.19. The molecule has 1 aromatic carbocycles. The van der Waals surface area contributed by atoms with Crippen molar-refractivity contribution in [3.05, 3.63) is 38.9 Å². The maximum Gasteiger partial charge on any atom is 0.209 e. The van der Waals surface area contributed by atoms with Gasteiger partial charge in [-0.3, -0.25) is 0 Å². The summed E-state index contributed by atoms with van der Waals surface area (Å²) in [6, 6.07) is 3.92. The van der Waals surface area contributed by atoms with E-state index in [9.17, 15) is 0 Å². The highest BCUT2D eigenvalue weighted by molar-refractivity contribution is 7.77. The van der Waals surface area contributed by atoms with Gasteiger partial charge in [0.05, 0.1) is 10.7 Å². The summed E-state index contributed by atoms with van der Waals surface area (Å²) in [7, 11) is 0. The molecular formula is C19H23ClN3PS. The monoisotopic (exact) mass is 391 g/mol. The van der Waals surface area contributed by atoms with E-state index in [0.717, 1.165) is 40.4 Å². The number of benzene rings is 1. The summed E-state index contributed by atoms with van der Waals surface area (Å²) in [5.74, 6) is 4.32. The van der Waals surface area contributed by atoms with Crippen molar-refractivity contribution in [1.82, 2.24) is 8.94 Å². The van der Waals surface area contributed by atoms with Gasteiger partial charge in [0.15, 0.2) is 0 Å². The molecule has 2 aromatic rings. The van der Waals surface area contributed by atoms with Crippen LogP contribution in [-0.4, -0.2) is 28.6 Å². The summed E-state index contributed by atoms with van der Waals surface area (Å²) in [5, 5.41) is 0.667. The first-order chi connectivity index (χ1) is 11.5. The molecular weight excluding hydrogens is 369 g/mol. The minimum Gasteiger partial charge on any atom is -0.303 e. The molecule has 0 amide bonds. The normalized spacial score (nSPS) is 16.5. The molecule has 1 aliphatic heterocycles. The second-order valence-electron chi connectivity index (χ2n) is 7.96. The zero-order chi connectivity index (χ0) is 18.4. The lowest BCUT2D eigenvalue weighted by atomic mass is 9.92. The maximum absolute atomic E-state index is 6.38. The average Bonchev–Trinajstić information content (AvgIpc) is 2.95. The maximum atomic E-state index is 6.38. The Labute approximate surface area is 158 Å². The van der Waals surface area contributed by atoms with Gasteiger partial charge < -0.3 is 4.57 Å². The predicted octanol–water partition coefficient (Wildman–Crippen LogP) is 4.74. The number of nitrogens with zero attached hydrogens (tertiary/aromatic N) is 3. The highest BCUT2D eigenvalue weighted by atomic mass is 35.5. The first kappa shape index (κ1) is 18.5. The summed E-state index contributed by atoms with van der Waals surface area (Å²) < 4.78 is 6.81. The number of fused-ring (bicyclic) bond motifs is 1. The van der Waals surface area contributed by atoms with E-state index < -0.39 is 6.89 Å². The second kappa shape index (κ2) is 6.47. The van der Waals surface area contributed by atoms with Gasteiger partial charge in [-0.15, -0.1) is 0 Å². The molecule has 2 heterocycles. The van der Waals surface area contributed by atoms with Crippen LogP contribution in [0.3, 0.4) is 0 Å². The second-order valence-corrected chi connectivity index (χ2v) is 12.7. The quantitative estimate of drug-likeness (QED) is 0.510. The molecule has 0 unspecified atom stereocenters. The van der Waals surface area contributed by atoms with E-state index in [1.165, 1.54) is 11.5 Å². The van der Waals surface area contributed by atoms with Gasteiger partial charge in [0.1, 0.15) is 5.82 Å². The third-order valence-electron chi connectivity index (χ3n) is 3.99. The first-order valence-corrected chi connectivity index (χ1v) is 12.2. The van der Waals surface area contributed by atoms with E-state index in [2.05, 4.69) is 54.0 Å². The van der Waals surface area contributed by atoms with Crippen molar-refractivity contribution in [2.75, 3.05) is 13.3 Å². The van der Waals surface area contributed by atoms with Gasteiger partial charge in [-0.05, 0) is 50.3 Å². The summed E-state index contributed by atoms with van der Waals surface area (Å²) >= 11 is 7.83. The van der Waals surface area contributed by atoms with Crippen molar-refractivity contribution >= 4 is 42.0 Å². The molecule has 0 saturated heterocycles. The molecule has 25 heavy (non-hydrogen) atoms. The van der Waals surface area contributed by atoms with Crippen molar-refractivity contribution < 1.29 is 0 Å². The van der Waals surface area contributed by atoms with Crippen LogP contribution >= 0.6 is 30.0 Å². The number of halogens is 1. The number of aromatic nitrogens is 2. The fourth-order valence-electron chi connectivity index (χ4n) is 2.77. The lowest BCUT2D eigenvalue weighted by molar-refractivity contribution is 0.356.